The van der Waals surface area contributed by atoms with Crippen LogP contribution < -0.4 is 0 Å². The maximum absolute atomic E-state index is 11.8. The van der Waals surface area contributed by atoms with E-state index in [0.717, 1.165) is 25.7 Å². The van der Waals surface area contributed by atoms with Crippen molar-refractivity contribution in [2.24, 2.45) is 0 Å². The van der Waals surface area contributed by atoms with E-state index in [0.29, 0.717) is 33.0 Å². The summed E-state index contributed by atoms with van der Waals surface area (Å²) in [5.41, 5.74) is 0. The second-order valence-electron chi connectivity index (χ2n) is 5.39. The molecule has 0 N–H and O–H groups in total. The van der Waals surface area contributed by atoms with E-state index < -0.39 is 6.67 Å². The molecule has 1 heterocycles. The number of ether oxygens (including phenoxy) is 5. The lowest BCUT2D eigenvalue weighted by molar-refractivity contribution is -0.117. The van der Waals surface area contributed by atoms with Gasteiger partial charge in [0.25, 0.3) is 0 Å². The average molecular weight is 318 g/mol. The van der Waals surface area contributed by atoms with Crippen molar-refractivity contribution >= 4 is 0 Å². The van der Waals surface area contributed by atoms with Crippen molar-refractivity contribution in [3.63, 3.8) is 0 Å². The molecule has 0 aromatic rings. The van der Waals surface area contributed by atoms with Crippen molar-refractivity contribution in [2.75, 3.05) is 46.3 Å². The van der Waals surface area contributed by atoms with Gasteiger partial charge in [-0.05, 0) is 25.7 Å². The van der Waals surface area contributed by atoms with Gasteiger partial charge in [0.2, 0.25) is 0 Å². The molecule has 1 aliphatic heterocycles. The third-order valence-corrected chi connectivity index (χ3v) is 3.69. The van der Waals surface area contributed by atoms with Gasteiger partial charge in [0.1, 0.15) is 6.67 Å². The molecule has 22 heavy (non-hydrogen) atoms. The lowest BCUT2D eigenvalue weighted by atomic mass is 10.0. The summed E-state index contributed by atoms with van der Waals surface area (Å²) in [5.74, 6) is 0. The van der Waals surface area contributed by atoms with Gasteiger partial charge in [0, 0.05) is 0 Å². The summed E-state index contributed by atoms with van der Waals surface area (Å²) in [7, 11) is 0. The second kappa shape index (κ2) is 11.1. The second-order valence-corrected chi connectivity index (χ2v) is 5.39. The maximum atomic E-state index is 11.8. The van der Waals surface area contributed by atoms with E-state index in [2.05, 4.69) is 12.2 Å². The van der Waals surface area contributed by atoms with E-state index in [9.17, 15) is 4.39 Å². The molecule has 0 bridgehead atoms. The molecule has 0 saturated carbocycles. The molecule has 0 aromatic heterocycles. The highest BCUT2D eigenvalue weighted by Gasteiger charge is 2.35. The number of halogens is 1. The van der Waals surface area contributed by atoms with Crippen molar-refractivity contribution in [2.45, 2.75) is 44.2 Å². The van der Waals surface area contributed by atoms with Crippen molar-refractivity contribution in [3.8, 4) is 0 Å². The van der Waals surface area contributed by atoms with Crippen LogP contribution in [0.2, 0.25) is 0 Å². The van der Waals surface area contributed by atoms with Crippen LogP contribution in [-0.2, 0) is 23.7 Å². The fourth-order valence-electron chi connectivity index (χ4n) is 2.61. The van der Waals surface area contributed by atoms with Crippen molar-refractivity contribution in [1.29, 1.82) is 0 Å². The van der Waals surface area contributed by atoms with Crippen LogP contribution in [0.5, 0.6) is 0 Å². The van der Waals surface area contributed by atoms with E-state index >= 15 is 0 Å². The number of hydrogen-bond donors (Lipinski definition) is 0. The first-order valence-electron chi connectivity index (χ1n) is 8.15. The topological polar surface area (TPSA) is 46.2 Å². The largest absolute Gasteiger partial charge is 0.377 e. The molecule has 0 radical (unpaired) electrons. The maximum Gasteiger partial charge on any atom is 0.181 e. The van der Waals surface area contributed by atoms with Crippen LogP contribution in [0, 0.1) is 0 Å². The van der Waals surface area contributed by atoms with E-state index in [1.165, 1.54) is 0 Å². The zero-order chi connectivity index (χ0) is 15.5. The van der Waals surface area contributed by atoms with Gasteiger partial charge in [0.05, 0.1) is 51.8 Å². The summed E-state index contributed by atoms with van der Waals surface area (Å²) in [6.07, 6.45) is 8.70. The van der Waals surface area contributed by atoms with Crippen LogP contribution >= 0.6 is 0 Å². The van der Waals surface area contributed by atoms with Crippen LogP contribution in [0.3, 0.4) is 0 Å². The highest BCUT2D eigenvalue weighted by Crippen LogP contribution is 2.28. The third kappa shape index (κ3) is 6.71. The van der Waals surface area contributed by atoms with Gasteiger partial charge in [-0.25, -0.2) is 4.39 Å². The molecule has 1 aliphatic carbocycles. The van der Waals surface area contributed by atoms with Crippen LogP contribution in [0.4, 0.5) is 4.39 Å². The van der Waals surface area contributed by atoms with Crippen molar-refractivity contribution < 1.29 is 28.1 Å². The van der Waals surface area contributed by atoms with Crippen LogP contribution in [0.15, 0.2) is 12.2 Å². The first kappa shape index (κ1) is 17.8. The van der Waals surface area contributed by atoms with Crippen LogP contribution in [-0.4, -0.2) is 64.8 Å². The average Bonchev–Trinajstić information content (AvgIpc) is 2.87. The smallest absolute Gasteiger partial charge is 0.181 e. The zero-order valence-electron chi connectivity index (χ0n) is 13.1. The lowest BCUT2D eigenvalue weighted by Gasteiger charge is -2.16. The van der Waals surface area contributed by atoms with E-state index in [4.69, 9.17) is 23.7 Å². The van der Waals surface area contributed by atoms with E-state index in [-0.39, 0.29) is 25.1 Å². The molecule has 2 rings (SSSR count). The summed E-state index contributed by atoms with van der Waals surface area (Å²) in [5, 5.41) is 0. The van der Waals surface area contributed by atoms with Gasteiger partial charge in [-0.15, -0.1) is 0 Å². The molecule has 6 heteroatoms. The number of allylic oxidation sites excluding steroid dienone is 2. The summed E-state index contributed by atoms with van der Waals surface area (Å²) in [6, 6.07) is 0. The Morgan fingerprint density at radius 3 is 1.95 bits per heavy atom. The molecule has 0 aromatic carbocycles. The lowest BCUT2D eigenvalue weighted by Crippen LogP contribution is -2.22. The predicted molar refractivity (Wildman–Crippen MR) is 79.6 cm³/mol. The molecular weight excluding hydrogens is 291 g/mol. The molecule has 0 amide bonds. The molecule has 1 fully saturated rings. The summed E-state index contributed by atoms with van der Waals surface area (Å²) in [4.78, 5) is 0. The first-order chi connectivity index (χ1) is 10.9. The molecule has 1 unspecified atom stereocenters. The molecule has 1 saturated heterocycles. The molecular formula is C16H27FO5. The number of alkyl halides is 1. The van der Waals surface area contributed by atoms with Gasteiger partial charge in [-0.3, -0.25) is 0 Å². The number of rotatable bonds is 10. The van der Waals surface area contributed by atoms with Gasteiger partial charge in [0.15, 0.2) is 6.29 Å². The number of fused-ring (bicyclic) bond motifs is 1. The number of hydrogen-bond acceptors (Lipinski definition) is 5. The monoisotopic (exact) mass is 318 g/mol. The fraction of sp³-hybridized carbons (Fsp3) is 0.875. The minimum atomic E-state index is -0.456. The van der Waals surface area contributed by atoms with Gasteiger partial charge >= 0.3 is 0 Å². The minimum Gasteiger partial charge on any atom is -0.377 e. The Balaban J connectivity index is 1.46. The fourth-order valence-corrected chi connectivity index (χ4v) is 2.61. The third-order valence-electron chi connectivity index (χ3n) is 3.69. The van der Waals surface area contributed by atoms with Crippen LogP contribution in [0.25, 0.3) is 0 Å². The SMILES string of the molecule is FCCOCCOCCOCC1O[C@H]2CC/C=C/CC[C@H]2O1. The molecule has 0 spiro atoms. The Labute approximate surface area is 131 Å². The summed E-state index contributed by atoms with van der Waals surface area (Å²) >= 11 is 0. The van der Waals surface area contributed by atoms with Crippen molar-refractivity contribution in [3.05, 3.63) is 12.2 Å². The van der Waals surface area contributed by atoms with Gasteiger partial charge < -0.3 is 23.7 Å². The normalized spacial score (nSPS) is 29.8. The Bertz CT molecular complexity index is 295. The zero-order valence-corrected chi connectivity index (χ0v) is 13.1. The predicted octanol–water partition coefficient (Wildman–Crippen LogP) is 2.25. The van der Waals surface area contributed by atoms with Gasteiger partial charge in [-0.2, -0.15) is 0 Å². The Kier molecular flexibility index (Phi) is 8.97. The Hall–Kier alpha value is -0.530. The molecule has 128 valence electrons. The minimum absolute atomic E-state index is 0.133. The molecule has 5 nitrogen and oxygen atoms in total. The summed E-state index contributed by atoms with van der Waals surface area (Å²) in [6.45, 7) is 1.96. The van der Waals surface area contributed by atoms with Crippen LogP contribution in [0.1, 0.15) is 25.7 Å². The molecule has 3 atom stereocenters. The first-order valence-corrected chi connectivity index (χ1v) is 8.15. The quantitative estimate of drug-likeness (QED) is 0.457. The van der Waals surface area contributed by atoms with E-state index in [1.54, 1.807) is 0 Å². The molecule has 2 aliphatic rings. The summed E-state index contributed by atoms with van der Waals surface area (Å²) < 4.78 is 39.3. The van der Waals surface area contributed by atoms with Gasteiger partial charge in [-0.1, -0.05) is 12.2 Å². The van der Waals surface area contributed by atoms with Crippen molar-refractivity contribution in [1.82, 2.24) is 0 Å². The standard InChI is InChI=1S/C16H27FO5/c17-7-8-18-9-10-19-11-12-20-13-16-21-14-5-3-1-2-4-6-15(14)22-16/h1-2,14-16H,3-13H2/b2-1+/t14-,15+,16?. The Morgan fingerprint density at radius 1 is 0.818 bits per heavy atom. The highest BCUT2D eigenvalue weighted by atomic mass is 19.1. The Morgan fingerprint density at radius 2 is 1.36 bits per heavy atom. The van der Waals surface area contributed by atoms with E-state index in [1.807, 2.05) is 0 Å². The highest BCUT2D eigenvalue weighted by molar-refractivity contribution is 4.90.